The van der Waals surface area contributed by atoms with Crippen molar-refractivity contribution in [3.8, 4) is 0 Å². The molecule has 0 bridgehead atoms. The highest BCUT2D eigenvalue weighted by Gasteiger charge is 2.31. The van der Waals surface area contributed by atoms with Gasteiger partial charge < -0.3 is 10.1 Å². The van der Waals surface area contributed by atoms with Gasteiger partial charge in [-0.25, -0.2) is 9.97 Å². The minimum atomic E-state index is 0.105. The lowest BCUT2D eigenvalue weighted by Crippen LogP contribution is -2.21. The second-order valence-corrected chi connectivity index (χ2v) is 4.87. The molecule has 20 heavy (non-hydrogen) atoms. The number of ether oxygens (including phenoxy) is 1. The van der Waals surface area contributed by atoms with Crippen LogP contribution in [-0.4, -0.2) is 32.9 Å². The molecule has 0 aliphatic carbocycles. The van der Waals surface area contributed by atoms with Crippen LogP contribution in [-0.2, 0) is 11.3 Å². The third-order valence-electron chi connectivity index (χ3n) is 3.64. The highest BCUT2D eigenvalue weighted by atomic mass is 16.5. The molecule has 0 saturated carbocycles. The van der Waals surface area contributed by atoms with Crippen molar-refractivity contribution in [1.29, 1.82) is 0 Å². The summed E-state index contributed by atoms with van der Waals surface area (Å²) in [6.07, 6.45) is 6.47. The van der Waals surface area contributed by atoms with Crippen LogP contribution in [0.5, 0.6) is 0 Å². The normalized spacial score (nSPS) is 22.1. The van der Waals surface area contributed by atoms with E-state index in [1.807, 2.05) is 23.0 Å². The standard InChI is InChI=1S/C14H19N5O/c1-2-19-12(4-8-18-19)13-11(5-9-20-13)10-17-14-15-6-3-7-16-14/h3-4,6-8,11,13H,2,5,9-10H2,1H3,(H,15,16,17)/t11-,13+/m0/s1. The summed E-state index contributed by atoms with van der Waals surface area (Å²) < 4.78 is 7.90. The predicted octanol–water partition coefficient (Wildman–Crippen LogP) is 1.88. The molecule has 2 aromatic rings. The Morgan fingerprint density at radius 2 is 2.20 bits per heavy atom. The van der Waals surface area contributed by atoms with Gasteiger partial charge in [0.15, 0.2) is 0 Å². The number of rotatable bonds is 5. The van der Waals surface area contributed by atoms with Crippen molar-refractivity contribution in [1.82, 2.24) is 19.7 Å². The number of hydrogen-bond acceptors (Lipinski definition) is 5. The molecule has 1 N–H and O–H groups in total. The Morgan fingerprint density at radius 1 is 1.35 bits per heavy atom. The first-order chi connectivity index (χ1) is 9.88. The number of anilines is 1. The number of hydrogen-bond donors (Lipinski definition) is 1. The van der Waals surface area contributed by atoms with Gasteiger partial charge in [-0.1, -0.05) is 0 Å². The Balaban J connectivity index is 1.67. The smallest absolute Gasteiger partial charge is 0.222 e. The fourth-order valence-electron chi connectivity index (χ4n) is 2.63. The molecule has 1 fully saturated rings. The fourth-order valence-corrected chi connectivity index (χ4v) is 2.63. The molecule has 0 aromatic carbocycles. The Morgan fingerprint density at radius 3 is 3.00 bits per heavy atom. The molecular weight excluding hydrogens is 254 g/mol. The summed E-state index contributed by atoms with van der Waals surface area (Å²) >= 11 is 0. The lowest BCUT2D eigenvalue weighted by molar-refractivity contribution is 0.0858. The largest absolute Gasteiger partial charge is 0.372 e. The number of aryl methyl sites for hydroxylation is 1. The van der Waals surface area contributed by atoms with Crippen molar-refractivity contribution in [2.45, 2.75) is 26.0 Å². The molecule has 0 amide bonds. The summed E-state index contributed by atoms with van der Waals surface area (Å²) in [5.74, 6) is 1.09. The summed E-state index contributed by atoms with van der Waals surface area (Å²) in [6, 6.07) is 3.86. The van der Waals surface area contributed by atoms with Gasteiger partial charge in [-0.3, -0.25) is 4.68 Å². The van der Waals surface area contributed by atoms with Gasteiger partial charge >= 0.3 is 0 Å². The van der Waals surface area contributed by atoms with Crippen LogP contribution < -0.4 is 5.32 Å². The second kappa shape index (κ2) is 6.00. The first-order valence-electron chi connectivity index (χ1n) is 7.02. The van der Waals surface area contributed by atoms with Crippen LogP contribution in [0.3, 0.4) is 0 Å². The molecule has 6 nitrogen and oxygen atoms in total. The average molecular weight is 273 g/mol. The van der Waals surface area contributed by atoms with Crippen LogP contribution in [0.25, 0.3) is 0 Å². The molecule has 106 valence electrons. The van der Waals surface area contributed by atoms with E-state index >= 15 is 0 Å². The molecule has 3 rings (SSSR count). The van der Waals surface area contributed by atoms with Gasteiger partial charge in [0.05, 0.1) is 5.69 Å². The Labute approximate surface area is 118 Å². The lowest BCUT2D eigenvalue weighted by atomic mass is 9.99. The molecule has 0 spiro atoms. The van der Waals surface area contributed by atoms with Crippen molar-refractivity contribution in [2.24, 2.45) is 5.92 Å². The first-order valence-corrected chi connectivity index (χ1v) is 7.02. The van der Waals surface area contributed by atoms with E-state index in [4.69, 9.17) is 4.74 Å². The summed E-state index contributed by atoms with van der Waals surface area (Å²) in [5, 5.41) is 7.61. The molecule has 0 unspecified atom stereocenters. The molecule has 0 radical (unpaired) electrons. The van der Waals surface area contributed by atoms with E-state index in [-0.39, 0.29) is 6.10 Å². The fraction of sp³-hybridized carbons (Fsp3) is 0.500. The predicted molar refractivity (Wildman–Crippen MR) is 75.2 cm³/mol. The number of aromatic nitrogens is 4. The van der Waals surface area contributed by atoms with Crippen LogP contribution >= 0.6 is 0 Å². The molecule has 2 aromatic heterocycles. The van der Waals surface area contributed by atoms with Crippen molar-refractivity contribution in [2.75, 3.05) is 18.5 Å². The second-order valence-electron chi connectivity index (χ2n) is 4.87. The van der Waals surface area contributed by atoms with Gasteiger partial charge in [-0.15, -0.1) is 0 Å². The molecule has 1 aliphatic rings. The van der Waals surface area contributed by atoms with Gasteiger partial charge in [0.25, 0.3) is 0 Å². The maximum absolute atomic E-state index is 5.90. The van der Waals surface area contributed by atoms with Crippen molar-refractivity contribution in [3.05, 3.63) is 36.4 Å². The maximum atomic E-state index is 5.90. The summed E-state index contributed by atoms with van der Waals surface area (Å²) in [6.45, 7) is 4.56. The Bertz CT molecular complexity index is 542. The Hall–Kier alpha value is -1.95. The van der Waals surface area contributed by atoms with Gasteiger partial charge in [0, 0.05) is 44.2 Å². The van der Waals surface area contributed by atoms with Gasteiger partial charge in [0.2, 0.25) is 5.95 Å². The molecule has 1 aliphatic heterocycles. The first kappa shape index (κ1) is 13.1. The summed E-state index contributed by atoms with van der Waals surface area (Å²) in [4.78, 5) is 8.36. The van der Waals surface area contributed by atoms with E-state index in [1.54, 1.807) is 12.4 Å². The van der Waals surface area contributed by atoms with Gasteiger partial charge in [0.1, 0.15) is 6.10 Å². The third kappa shape index (κ3) is 2.65. The highest BCUT2D eigenvalue weighted by molar-refractivity contribution is 5.22. The van der Waals surface area contributed by atoms with Crippen LogP contribution in [0, 0.1) is 5.92 Å². The van der Waals surface area contributed by atoms with Crippen LogP contribution in [0.4, 0.5) is 5.95 Å². The number of nitrogens with zero attached hydrogens (tertiary/aromatic N) is 4. The summed E-state index contributed by atoms with van der Waals surface area (Å²) in [7, 11) is 0. The van der Waals surface area contributed by atoms with E-state index in [9.17, 15) is 0 Å². The molecule has 6 heteroatoms. The topological polar surface area (TPSA) is 64.9 Å². The third-order valence-corrected chi connectivity index (χ3v) is 3.64. The Kier molecular flexibility index (Phi) is 3.92. The molecule has 2 atom stereocenters. The molecule has 1 saturated heterocycles. The lowest BCUT2D eigenvalue weighted by Gasteiger charge is -2.19. The number of nitrogens with one attached hydrogen (secondary N) is 1. The van der Waals surface area contributed by atoms with Gasteiger partial charge in [-0.05, 0) is 25.5 Å². The minimum Gasteiger partial charge on any atom is -0.372 e. The highest BCUT2D eigenvalue weighted by Crippen LogP contribution is 2.34. The van der Waals surface area contributed by atoms with E-state index < -0.39 is 0 Å². The zero-order valence-electron chi connectivity index (χ0n) is 11.6. The van der Waals surface area contributed by atoms with E-state index in [0.717, 1.165) is 31.8 Å². The SMILES string of the molecule is CCn1nccc1[C@@H]1OCC[C@H]1CNc1ncccn1. The van der Waals surface area contributed by atoms with Crippen LogP contribution in [0.15, 0.2) is 30.7 Å². The zero-order valence-corrected chi connectivity index (χ0v) is 11.6. The van der Waals surface area contributed by atoms with Crippen molar-refractivity contribution < 1.29 is 4.74 Å². The van der Waals surface area contributed by atoms with Gasteiger partial charge in [-0.2, -0.15) is 5.10 Å². The summed E-state index contributed by atoms with van der Waals surface area (Å²) in [5.41, 5.74) is 1.16. The molecular formula is C14H19N5O. The van der Waals surface area contributed by atoms with Crippen LogP contribution in [0.2, 0.25) is 0 Å². The van der Waals surface area contributed by atoms with E-state index in [2.05, 4.69) is 27.3 Å². The monoisotopic (exact) mass is 273 g/mol. The maximum Gasteiger partial charge on any atom is 0.222 e. The van der Waals surface area contributed by atoms with Crippen LogP contribution in [0.1, 0.15) is 25.1 Å². The minimum absolute atomic E-state index is 0.105. The average Bonchev–Trinajstić information content (AvgIpc) is 3.14. The van der Waals surface area contributed by atoms with Crippen molar-refractivity contribution in [3.63, 3.8) is 0 Å². The quantitative estimate of drug-likeness (QED) is 0.901. The van der Waals surface area contributed by atoms with E-state index in [0.29, 0.717) is 11.9 Å². The molecule has 3 heterocycles. The zero-order chi connectivity index (χ0) is 13.8. The van der Waals surface area contributed by atoms with E-state index in [1.165, 1.54) is 0 Å². The van der Waals surface area contributed by atoms with Crippen molar-refractivity contribution >= 4 is 5.95 Å².